The van der Waals surface area contributed by atoms with Gasteiger partial charge >= 0.3 is 0 Å². The zero-order valence-corrected chi connectivity index (χ0v) is 9.05. The van der Waals surface area contributed by atoms with Crippen molar-refractivity contribution < 1.29 is 4.79 Å². The minimum atomic E-state index is 0.00161. The third-order valence-electron chi connectivity index (χ3n) is 2.75. The lowest BCUT2D eigenvalue weighted by Gasteiger charge is -2.28. The number of aromatic nitrogens is 1. The van der Waals surface area contributed by atoms with E-state index in [9.17, 15) is 4.79 Å². The van der Waals surface area contributed by atoms with Gasteiger partial charge < -0.3 is 15.2 Å². The van der Waals surface area contributed by atoms with E-state index < -0.39 is 0 Å². The number of unbranched alkanes of at least 4 members (excludes halogenated alkanes) is 2. The van der Waals surface area contributed by atoms with Crippen molar-refractivity contribution in [2.24, 2.45) is 0 Å². The second-order valence-electron chi connectivity index (χ2n) is 3.87. The van der Waals surface area contributed by atoms with Gasteiger partial charge in [0.15, 0.2) is 0 Å². The molecule has 1 aromatic rings. The number of nitrogens with one attached hydrogen (secondary N) is 2. The van der Waals surface area contributed by atoms with Gasteiger partial charge in [0.05, 0.1) is 12.4 Å². The Morgan fingerprint density at radius 3 is 3.13 bits per heavy atom. The van der Waals surface area contributed by atoms with Gasteiger partial charge in [-0.2, -0.15) is 0 Å². The highest BCUT2D eigenvalue weighted by Crippen LogP contribution is 2.22. The molecule has 4 nitrogen and oxygen atoms in total. The first kappa shape index (κ1) is 10.1. The molecule has 1 aliphatic heterocycles. The van der Waals surface area contributed by atoms with E-state index in [2.05, 4.69) is 22.1 Å². The van der Waals surface area contributed by atoms with Crippen molar-refractivity contribution >= 4 is 11.6 Å². The third kappa shape index (κ3) is 1.98. The molecule has 0 bridgehead atoms. The first-order valence-electron chi connectivity index (χ1n) is 5.53. The van der Waals surface area contributed by atoms with E-state index in [1.54, 1.807) is 0 Å². The number of amides is 1. The first-order chi connectivity index (χ1) is 7.33. The van der Waals surface area contributed by atoms with Crippen LogP contribution >= 0.6 is 0 Å². The van der Waals surface area contributed by atoms with Gasteiger partial charge in [-0.15, -0.1) is 0 Å². The normalized spacial score (nSPS) is 15.0. The van der Waals surface area contributed by atoms with Crippen LogP contribution < -0.4 is 10.2 Å². The maximum absolute atomic E-state index is 11.5. The molecule has 1 amide bonds. The van der Waals surface area contributed by atoms with E-state index in [1.165, 1.54) is 19.3 Å². The van der Waals surface area contributed by atoms with Crippen LogP contribution in [0.15, 0.2) is 12.3 Å². The molecule has 1 aromatic heterocycles. The molecule has 2 heterocycles. The summed E-state index contributed by atoms with van der Waals surface area (Å²) in [6.07, 6.45) is 5.46. The number of carbonyl (C=O) groups is 1. The summed E-state index contributed by atoms with van der Waals surface area (Å²) in [6.45, 7) is 3.84. The SMILES string of the molecule is CCCCCN1CNC(=O)c2[nH]ccc21. The van der Waals surface area contributed by atoms with Gasteiger partial charge in [-0.05, 0) is 12.5 Å². The van der Waals surface area contributed by atoms with Gasteiger partial charge in [-0.3, -0.25) is 4.79 Å². The lowest BCUT2D eigenvalue weighted by Crippen LogP contribution is -2.43. The van der Waals surface area contributed by atoms with Gasteiger partial charge in [0, 0.05) is 12.7 Å². The molecule has 2 rings (SSSR count). The average Bonchev–Trinajstić information content (AvgIpc) is 2.71. The van der Waals surface area contributed by atoms with Crippen molar-refractivity contribution in [3.05, 3.63) is 18.0 Å². The van der Waals surface area contributed by atoms with Crippen molar-refractivity contribution in [2.45, 2.75) is 26.2 Å². The minimum Gasteiger partial charge on any atom is -0.355 e. The number of hydrogen-bond acceptors (Lipinski definition) is 2. The number of aromatic amines is 1. The van der Waals surface area contributed by atoms with Crippen LogP contribution in [-0.2, 0) is 0 Å². The number of hydrogen-bond donors (Lipinski definition) is 2. The molecule has 0 saturated heterocycles. The molecule has 4 heteroatoms. The summed E-state index contributed by atoms with van der Waals surface area (Å²) in [6, 6.07) is 1.97. The molecular weight excluding hydrogens is 190 g/mol. The molecule has 0 aliphatic carbocycles. The number of carbonyl (C=O) groups excluding carboxylic acids is 1. The molecular formula is C11H17N3O. The predicted octanol–water partition coefficient (Wildman–Crippen LogP) is 1.71. The number of anilines is 1. The maximum atomic E-state index is 11.5. The monoisotopic (exact) mass is 207 g/mol. The lowest BCUT2D eigenvalue weighted by atomic mass is 10.2. The Kier molecular flexibility index (Phi) is 2.94. The fourth-order valence-electron chi connectivity index (χ4n) is 1.90. The van der Waals surface area contributed by atoms with Crippen LogP contribution in [-0.4, -0.2) is 24.1 Å². The largest absolute Gasteiger partial charge is 0.355 e. The molecule has 0 fully saturated rings. The number of H-pyrrole nitrogens is 1. The van der Waals surface area contributed by atoms with E-state index in [-0.39, 0.29) is 5.91 Å². The van der Waals surface area contributed by atoms with Gasteiger partial charge in [0.1, 0.15) is 5.69 Å². The van der Waals surface area contributed by atoms with Crippen LogP contribution in [0.1, 0.15) is 36.7 Å². The van der Waals surface area contributed by atoms with Gasteiger partial charge in [-0.25, -0.2) is 0 Å². The minimum absolute atomic E-state index is 0.00161. The van der Waals surface area contributed by atoms with E-state index in [4.69, 9.17) is 0 Å². The average molecular weight is 207 g/mol. The second kappa shape index (κ2) is 4.38. The van der Waals surface area contributed by atoms with Crippen molar-refractivity contribution in [3.63, 3.8) is 0 Å². The Morgan fingerprint density at radius 1 is 1.47 bits per heavy atom. The van der Waals surface area contributed by atoms with E-state index in [1.807, 2.05) is 12.3 Å². The van der Waals surface area contributed by atoms with Crippen LogP contribution in [0.3, 0.4) is 0 Å². The Bertz CT molecular complexity index is 345. The van der Waals surface area contributed by atoms with Crippen LogP contribution in [0.2, 0.25) is 0 Å². The molecule has 0 aromatic carbocycles. The zero-order chi connectivity index (χ0) is 10.7. The Hall–Kier alpha value is -1.45. The Morgan fingerprint density at radius 2 is 2.33 bits per heavy atom. The number of fused-ring (bicyclic) bond motifs is 1. The third-order valence-corrected chi connectivity index (χ3v) is 2.75. The fourth-order valence-corrected chi connectivity index (χ4v) is 1.90. The fraction of sp³-hybridized carbons (Fsp3) is 0.545. The van der Waals surface area contributed by atoms with Crippen LogP contribution in [0.25, 0.3) is 0 Å². The second-order valence-corrected chi connectivity index (χ2v) is 3.87. The lowest BCUT2D eigenvalue weighted by molar-refractivity contribution is 0.0943. The highest BCUT2D eigenvalue weighted by Gasteiger charge is 2.22. The molecule has 82 valence electrons. The number of rotatable bonds is 4. The van der Waals surface area contributed by atoms with Crippen LogP contribution in [0.4, 0.5) is 5.69 Å². The quantitative estimate of drug-likeness (QED) is 0.738. The molecule has 0 atom stereocenters. The highest BCUT2D eigenvalue weighted by atomic mass is 16.2. The molecule has 15 heavy (non-hydrogen) atoms. The van der Waals surface area contributed by atoms with Crippen molar-refractivity contribution in [1.82, 2.24) is 10.3 Å². The highest BCUT2D eigenvalue weighted by molar-refractivity contribution is 5.99. The van der Waals surface area contributed by atoms with Gasteiger partial charge in [-0.1, -0.05) is 19.8 Å². The predicted molar refractivity (Wildman–Crippen MR) is 60.0 cm³/mol. The van der Waals surface area contributed by atoms with E-state index >= 15 is 0 Å². The van der Waals surface area contributed by atoms with Crippen LogP contribution in [0, 0.1) is 0 Å². The molecule has 2 N–H and O–H groups in total. The molecule has 1 aliphatic rings. The summed E-state index contributed by atoms with van der Waals surface area (Å²) in [5.74, 6) is 0.00161. The molecule has 0 radical (unpaired) electrons. The zero-order valence-electron chi connectivity index (χ0n) is 9.05. The maximum Gasteiger partial charge on any atom is 0.271 e. The summed E-state index contributed by atoms with van der Waals surface area (Å²) in [5.41, 5.74) is 1.73. The molecule has 0 saturated carbocycles. The van der Waals surface area contributed by atoms with Crippen LogP contribution in [0.5, 0.6) is 0 Å². The standard InChI is InChI=1S/C11H17N3O/c1-2-3-4-7-14-8-13-11(15)10-9(14)5-6-12-10/h5-6,12H,2-4,7-8H2,1H3,(H,13,15). The van der Waals surface area contributed by atoms with Crippen molar-refractivity contribution in [3.8, 4) is 0 Å². The van der Waals surface area contributed by atoms with Gasteiger partial charge in [0.2, 0.25) is 0 Å². The first-order valence-corrected chi connectivity index (χ1v) is 5.53. The van der Waals surface area contributed by atoms with Crippen molar-refractivity contribution in [2.75, 3.05) is 18.1 Å². The summed E-state index contributed by atoms with van der Waals surface area (Å²) in [5, 5.41) is 2.86. The molecule has 0 spiro atoms. The van der Waals surface area contributed by atoms with E-state index in [0.29, 0.717) is 12.4 Å². The summed E-state index contributed by atoms with van der Waals surface area (Å²) in [7, 11) is 0. The van der Waals surface area contributed by atoms with Gasteiger partial charge in [0.25, 0.3) is 5.91 Å². The van der Waals surface area contributed by atoms with Crippen molar-refractivity contribution in [1.29, 1.82) is 0 Å². The molecule has 0 unspecified atom stereocenters. The smallest absolute Gasteiger partial charge is 0.271 e. The Labute approximate surface area is 89.7 Å². The summed E-state index contributed by atoms with van der Waals surface area (Å²) >= 11 is 0. The Balaban J connectivity index is 2.04. The topological polar surface area (TPSA) is 48.1 Å². The summed E-state index contributed by atoms with van der Waals surface area (Å²) in [4.78, 5) is 16.6. The summed E-state index contributed by atoms with van der Waals surface area (Å²) < 4.78 is 0. The van der Waals surface area contributed by atoms with E-state index in [0.717, 1.165) is 12.2 Å². The number of nitrogens with zero attached hydrogens (tertiary/aromatic N) is 1.